The van der Waals surface area contributed by atoms with Gasteiger partial charge in [-0.2, -0.15) is 5.10 Å². The Bertz CT molecular complexity index is 1230. The molecule has 2 aromatic carbocycles. The normalized spacial score (nSPS) is 10.9. The summed E-state index contributed by atoms with van der Waals surface area (Å²) in [5.74, 6) is -0.787. The molecule has 0 aliphatic rings. The average molecular weight is 475 g/mol. The van der Waals surface area contributed by atoms with Crippen molar-refractivity contribution in [2.24, 2.45) is 0 Å². The van der Waals surface area contributed by atoms with E-state index in [0.717, 1.165) is 0 Å². The monoisotopic (exact) mass is 475 g/mol. The number of H-pyrrole nitrogens is 1. The Morgan fingerprint density at radius 2 is 2.04 bits per heavy atom. The predicted molar refractivity (Wildman–Crippen MR) is 107 cm³/mol. The van der Waals surface area contributed by atoms with Crippen molar-refractivity contribution in [2.75, 3.05) is 5.32 Å². The molecule has 0 aliphatic carbocycles. The van der Waals surface area contributed by atoms with Crippen molar-refractivity contribution in [3.63, 3.8) is 0 Å². The molecule has 0 atom stereocenters. The SMILES string of the molecule is O=C(Nc1ccccc1-n1ncc2c(=O)[nH]cnc21)c1ccc(F)cc1I. The Morgan fingerprint density at radius 1 is 1.22 bits per heavy atom. The van der Waals surface area contributed by atoms with Gasteiger partial charge < -0.3 is 10.3 Å². The summed E-state index contributed by atoms with van der Waals surface area (Å²) in [6.07, 6.45) is 2.72. The second-order valence-corrected chi connectivity index (χ2v) is 6.78. The average Bonchev–Trinajstić information content (AvgIpc) is 3.07. The maximum atomic E-state index is 13.3. The van der Waals surface area contributed by atoms with Gasteiger partial charge in [0.15, 0.2) is 5.65 Å². The fourth-order valence-corrected chi connectivity index (χ4v) is 3.38. The van der Waals surface area contributed by atoms with E-state index in [1.807, 2.05) is 22.6 Å². The van der Waals surface area contributed by atoms with Gasteiger partial charge in [-0.3, -0.25) is 9.59 Å². The van der Waals surface area contributed by atoms with Crippen LogP contribution in [0.3, 0.4) is 0 Å². The molecule has 0 spiro atoms. The number of aromatic nitrogens is 4. The Morgan fingerprint density at radius 3 is 2.85 bits per heavy atom. The number of aromatic amines is 1. The van der Waals surface area contributed by atoms with E-state index < -0.39 is 5.82 Å². The van der Waals surface area contributed by atoms with Crippen LogP contribution in [0.4, 0.5) is 10.1 Å². The van der Waals surface area contributed by atoms with Crippen LogP contribution in [0, 0.1) is 9.39 Å². The molecule has 0 aliphatic heterocycles. The fraction of sp³-hybridized carbons (Fsp3) is 0. The smallest absolute Gasteiger partial charge is 0.261 e. The summed E-state index contributed by atoms with van der Waals surface area (Å²) < 4.78 is 15.3. The number of fused-ring (bicyclic) bond motifs is 1. The molecule has 1 amide bonds. The van der Waals surface area contributed by atoms with Gasteiger partial charge in [0.2, 0.25) is 0 Å². The number of hydrogen-bond acceptors (Lipinski definition) is 4. The second-order valence-electron chi connectivity index (χ2n) is 5.62. The number of nitrogens with zero attached hydrogens (tertiary/aromatic N) is 3. The number of carbonyl (C=O) groups is 1. The van der Waals surface area contributed by atoms with Crippen molar-refractivity contribution in [1.29, 1.82) is 0 Å². The van der Waals surface area contributed by atoms with Gasteiger partial charge in [0, 0.05) is 3.57 Å². The Kier molecular flexibility index (Phi) is 4.44. The number of benzene rings is 2. The van der Waals surface area contributed by atoms with Crippen molar-refractivity contribution < 1.29 is 9.18 Å². The minimum absolute atomic E-state index is 0.298. The van der Waals surface area contributed by atoms with Crippen LogP contribution in [0.25, 0.3) is 16.7 Å². The Hall–Kier alpha value is -3.08. The molecule has 4 aromatic rings. The predicted octanol–water partition coefficient (Wildman–Crippen LogP) is 3.10. The molecule has 134 valence electrons. The third-order valence-corrected chi connectivity index (χ3v) is 4.82. The quantitative estimate of drug-likeness (QED) is 0.446. The maximum absolute atomic E-state index is 13.3. The summed E-state index contributed by atoms with van der Waals surface area (Å²) in [4.78, 5) is 31.2. The molecule has 0 unspecified atom stereocenters. The molecule has 27 heavy (non-hydrogen) atoms. The number of hydrogen-bond donors (Lipinski definition) is 2. The Labute approximate surface area is 165 Å². The maximum Gasteiger partial charge on any atom is 0.261 e. The van der Waals surface area contributed by atoms with Gasteiger partial charge in [-0.1, -0.05) is 12.1 Å². The highest BCUT2D eigenvalue weighted by Gasteiger charge is 2.16. The summed E-state index contributed by atoms with van der Waals surface area (Å²) in [7, 11) is 0. The van der Waals surface area contributed by atoms with Gasteiger partial charge in [0.1, 0.15) is 11.2 Å². The van der Waals surface area contributed by atoms with Gasteiger partial charge in [-0.05, 0) is 52.9 Å². The van der Waals surface area contributed by atoms with E-state index in [-0.39, 0.29) is 11.5 Å². The van der Waals surface area contributed by atoms with Crippen LogP contribution in [0.15, 0.2) is 59.8 Å². The lowest BCUT2D eigenvalue weighted by Gasteiger charge is -2.12. The molecule has 2 aromatic heterocycles. The summed E-state index contributed by atoms with van der Waals surface area (Å²) >= 11 is 1.91. The van der Waals surface area contributed by atoms with E-state index in [4.69, 9.17) is 0 Å². The third kappa shape index (κ3) is 3.21. The second kappa shape index (κ2) is 6.91. The summed E-state index contributed by atoms with van der Waals surface area (Å²) in [5.41, 5.74) is 1.46. The van der Waals surface area contributed by atoms with Crippen LogP contribution in [0.5, 0.6) is 0 Å². The highest BCUT2D eigenvalue weighted by molar-refractivity contribution is 14.1. The molecule has 9 heteroatoms. The number of amides is 1. The van der Waals surface area contributed by atoms with Gasteiger partial charge in [-0.15, -0.1) is 0 Å². The lowest BCUT2D eigenvalue weighted by Crippen LogP contribution is -2.15. The van der Waals surface area contributed by atoms with Gasteiger partial charge >= 0.3 is 0 Å². The topological polar surface area (TPSA) is 92.7 Å². The number of rotatable bonds is 3. The molecular formula is C18H11FIN5O2. The van der Waals surface area contributed by atoms with Crippen molar-refractivity contribution in [3.05, 3.63) is 80.3 Å². The molecule has 0 bridgehead atoms. The summed E-state index contributed by atoms with van der Waals surface area (Å²) in [6, 6.07) is 11.0. The molecule has 7 nitrogen and oxygen atoms in total. The van der Waals surface area contributed by atoms with E-state index in [1.165, 1.54) is 35.4 Å². The van der Waals surface area contributed by atoms with Crippen molar-refractivity contribution >= 4 is 45.2 Å². The first-order chi connectivity index (χ1) is 13.0. The molecule has 4 rings (SSSR count). The number of para-hydroxylation sites is 2. The zero-order chi connectivity index (χ0) is 19.0. The van der Waals surface area contributed by atoms with Gasteiger partial charge in [0.25, 0.3) is 11.5 Å². The number of halogens is 2. The van der Waals surface area contributed by atoms with Crippen molar-refractivity contribution in [3.8, 4) is 5.69 Å². The van der Waals surface area contributed by atoms with Gasteiger partial charge in [0.05, 0.1) is 29.5 Å². The highest BCUT2D eigenvalue weighted by Crippen LogP contribution is 2.23. The summed E-state index contributed by atoms with van der Waals surface area (Å²) in [6.45, 7) is 0. The minimum Gasteiger partial charge on any atom is -0.320 e. The first kappa shape index (κ1) is 17.3. The zero-order valence-electron chi connectivity index (χ0n) is 13.6. The van der Waals surface area contributed by atoms with Crippen LogP contribution in [0.2, 0.25) is 0 Å². The highest BCUT2D eigenvalue weighted by atomic mass is 127. The minimum atomic E-state index is -0.407. The molecular weight excluding hydrogens is 464 g/mol. The number of carbonyl (C=O) groups excluding carboxylic acids is 1. The number of nitrogens with one attached hydrogen (secondary N) is 2. The Balaban J connectivity index is 1.76. The largest absolute Gasteiger partial charge is 0.320 e. The fourth-order valence-electron chi connectivity index (χ4n) is 2.66. The molecule has 0 saturated carbocycles. The van der Waals surface area contributed by atoms with E-state index in [1.54, 1.807) is 24.3 Å². The van der Waals surface area contributed by atoms with Crippen LogP contribution in [-0.4, -0.2) is 25.7 Å². The molecule has 0 fully saturated rings. The van der Waals surface area contributed by atoms with Crippen molar-refractivity contribution in [1.82, 2.24) is 19.7 Å². The number of anilines is 1. The van der Waals surface area contributed by atoms with Crippen molar-refractivity contribution in [2.45, 2.75) is 0 Å². The third-order valence-electron chi connectivity index (χ3n) is 3.93. The molecule has 2 heterocycles. The molecule has 0 radical (unpaired) electrons. The molecule has 2 N–H and O–H groups in total. The standard InChI is InChI=1S/C18H11FIN5O2/c19-10-5-6-11(13(20)7-10)18(27)24-14-3-1-2-4-15(14)25-16-12(8-23-25)17(26)22-9-21-16/h1-9H,(H,24,27)(H,21,22,26). The van der Waals surface area contributed by atoms with E-state index in [9.17, 15) is 14.0 Å². The first-order valence-electron chi connectivity index (χ1n) is 7.82. The lowest BCUT2D eigenvalue weighted by molar-refractivity contribution is 0.102. The van der Waals surface area contributed by atoms with Crippen LogP contribution >= 0.6 is 22.6 Å². The van der Waals surface area contributed by atoms with Gasteiger partial charge in [-0.25, -0.2) is 14.1 Å². The van der Waals surface area contributed by atoms with E-state index >= 15 is 0 Å². The van der Waals surface area contributed by atoms with Crippen LogP contribution < -0.4 is 10.9 Å². The zero-order valence-corrected chi connectivity index (χ0v) is 15.8. The summed E-state index contributed by atoms with van der Waals surface area (Å²) in [5, 5.41) is 7.38. The van der Waals surface area contributed by atoms with E-state index in [2.05, 4.69) is 20.4 Å². The molecule has 0 saturated heterocycles. The first-order valence-corrected chi connectivity index (χ1v) is 8.89. The van der Waals surface area contributed by atoms with E-state index in [0.29, 0.717) is 31.5 Å². The lowest BCUT2D eigenvalue weighted by atomic mass is 10.2. The van der Waals surface area contributed by atoms with Crippen LogP contribution in [-0.2, 0) is 0 Å². The van der Waals surface area contributed by atoms with Crippen LogP contribution in [0.1, 0.15) is 10.4 Å².